The highest BCUT2D eigenvalue weighted by Gasteiger charge is 2.39. The normalized spacial score (nSPS) is 15.1. The van der Waals surface area contributed by atoms with Crippen LogP contribution < -0.4 is 9.80 Å². The van der Waals surface area contributed by atoms with Crippen molar-refractivity contribution in [3.63, 3.8) is 0 Å². The van der Waals surface area contributed by atoms with E-state index in [1.54, 1.807) is 6.07 Å². The fourth-order valence-electron chi connectivity index (χ4n) is 4.64. The van der Waals surface area contributed by atoms with Crippen molar-refractivity contribution in [3.8, 4) is 11.1 Å². The van der Waals surface area contributed by atoms with Gasteiger partial charge < -0.3 is 14.7 Å². The molecule has 1 atom stereocenters. The predicted molar refractivity (Wildman–Crippen MR) is 139 cm³/mol. The van der Waals surface area contributed by atoms with Gasteiger partial charge in [0.15, 0.2) is 0 Å². The summed E-state index contributed by atoms with van der Waals surface area (Å²) >= 11 is 6.39. The molecule has 1 aliphatic heterocycles. The largest absolute Gasteiger partial charge is 0.465 e. The summed E-state index contributed by atoms with van der Waals surface area (Å²) in [5.41, 5.74) is 3.58. The number of hydrogen-bond acceptors (Lipinski definition) is 5. The molecule has 1 unspecified atom stereocenters. The maximum Gasteiger partial charge on any atom is 0.414 e. The van der Waals surface area contributed by atoms with Gasteiger partial charge >= 0.3 is 6.09 Å². The topological polar surface area (TPSA) is 78.8 Å². The second-order valence-corrected chi connectivity index (χ2v) is 10.1. The van der Waals surface area contributed by atoms with Crippen LogP contribution in [0.4, 0.5) is 16.6 Å². The Morgan fingerprint density at radius 3 is 2.40 bits per heavy atom. The van der Waals surface area contributed by atoms with E-state index >= 15 is 0 Å². The zero-order valence-corrected chi connectivity index (χ0v) is 21.3. The molecule has 0 spiro atoms. The summed E-state index contributed by atoms with van der Waals surface area (Å²) < 4.78 is 5.45. The number of carbonyl (C=O) groups is 1. The molecule has 1 aromatic heterocycles. The highest BCUT2D eigenvalue weighted by Crippen LogP contribution is 2.43. The molecule has 0 saturated carbocycles. The number of aromatic nitrogens is 2. The van der Waals surface area contributed by atoms with Crippen LogP contribution in [-0.4, -0.2) is 47.5 Å². The van der Waals surface area contributed by atoms with Gasteiger partial charge in [-0.05, 0) is 34.6 Å². The van der Waals surface area contributed by atoms with Crippen molar-refractivity contribution >= 4 is 29.5 Å². The van der Waals surface area contributed by atoms with E-state index in [1.165, 1.54) is 4.90 Å². The van der Waals surface area contributed by atoms with Gasteiger partial charge in [-0.3, -0.25) is 0 Å². The van der Waals surface area contributed by atoms with Crippen molar-refractivity contribution in [2.45, 2.75) is 33.7 Å². The van der Waals surface area contributed by atoms with E-state index in [-0.39, 0.29) is 11.1 Å². The van der Waals surface area contributed by atoms with Gasteiger partial charge in [0, 0.05) is 19.2 Å². The maximum absolute atomic E-state index is 12.8. The van der Waals surface area contributed by atoms with Gasteiger partial charge in [0.05, 0.1) is 19.3 Å². The molecule has 2 aromatic carbocycles. The van der Waals surface area contributed by atoms with Crippen molar-refractivity contribution in [2.75, 3.05) is 36.1 Å². The van der Waals surface area contributed by atoms with E-state index in [2.05, 4.69) is 28.2 Å². The lowest BCUT2D eigenvalue weighted by molar-refractivity contribution is 0.122. The lowest BCUT2D eigenvalue weighted by Gasteiger charge is -2.39. The fourth-order valence-corrected chi connectivity index (χ4v) is 4.81. The summed E-state index contributed by atoms with van der Waals surface area (Å²) in [6.07, 6.45) is -1.13. The van der Waals surface area contributed by atoms with E-state index in [0.29, 0.717) is 32.1 Å². The minimum Gasteiger partial charge on any atom is -0.465 e. The van der Waals surface area contributed by atoms with E-state index < -0.39 is 17.6 Å². The van der Waals surface area contributed by atoms with Crippen LogP contribution in [0.15, 0.2) is 54.6 Å². The number of anilines is 2. The molecule has 1 N–H and O–H groups in total. The Morgan fingerprint density at radius 2 is 1.77 bits per heavy atom. The van der Waals surface area contributed by atoms with Gasteiger partial charge in [0.1, 0.15) is 11.0 Å². The van der Waals surface area contributed by atoms with Gasteiger partial charge in [0.25, 0.3) is 0 Å². The van der Waals surface area contributed by atoms with Crippen molar-refractivity contribution in [1.82, 2.24) is 9.97 Å². The number of halogens is 1. The summed E-state index contributed by atoms with van der Waals surface area (Å²) in [5, 5.41) is 10.7. The Kier molecular flexibility index (Phi) is 7.28. The molecule has 7 nitrogen and oxygen atoms in total. The Balaban J connectivity index is 1.85. The van der Waals surface area contributed by atoms with Gasteiger partial charge in [-0.2, -0.15) is 4.98 Å². The molecule has 8 heteroatoms. The van der Waals surface area contributed by atoms with Crippen LogP contribution in [-0.2, 0) is 4.74 Å². The average molecular weight is 495 g/mol. The molecular weight excluding hydrogens is 464 g/mol. The van der Waals surface area contributed by atoms with Crippen LogP contribution in [0.3, 0.4) is 0 Å². The third kappa shape index (κ3) is 5.41. The Bertz CT molecular complexity index is 1190. The lowest BCUT2D eigenvalue weighted by Crippen LogP contribution is -2.42. The highest BCUT2D eigenvalue weighted by molar-refractivity contribution is 6.29. The molecule has 1 amide bonds. The molecule has 0 radical (unpaired) electrons. The summed E-state index contributed by atoms with van der Waals surface area (Å²) in [5.74, 6) is 0.660. The molecule has 4 rings (SSSR count). The second-order valence-electron chi connectivity index (χ2n) is 9.76. The molecule has 1 saturated heterocycles. The minimum absolute atomic E-state index is 0.0657. The first-order valence-corrected chi connectivity index (χ1v) is 12.1. The molecule has 35 heavy (non-hydrogen) atoms. The molecule has 0 bridgehead atoms. The Morgan fingerprint density at radius 1 is 1.09 bits per heavy atom. The van der Waals surface area contributed by atoms with Crippen molar-refractivity contribution in [2.24, 2.45) is 5.41 Å². The SMILES string of the molecule is Cc1c(-c2ccccc2)cccc1C(N(C(=O)O)c1nc(Cl)cc(N2CCOCC2)n1)C(C)(C)C. The number of ether oxygens (including phenoxy) is 1. The summed E-state index contributed by atoms with van der Waals surface area (Å²) in [4.78, 5) is 25.1. The number of amides is 1. The van der Waals surface area contributed by atoms with Crippen LogP contribution >= 0.6 is 11.6 Å². The highest BCUT2D eigenvalue weighted by atomic mass is 35.5. The van der Waals surface area contributed by atoms with Crippen LogP contribution in [0.5, 0.6) is 0 Å². The fraction of sp³-hybridized carbons (Fsp3) is 0.370. The van der Waals surface area contributed by atoms with Crippen molar-refractivity contribution < 1.29 is 14.6 Å². The molecule has 184 valence electrons. The third-order valence-corrected chi connectivity index (χ3v) is 6.45. The zero-order chi connectivity index (χ0) is 25.2. The quantitative estimate of drug-likeness (QED) is 0.424. The van der Waals surface area contributed by atoms with Crippen LogP contribution in [0.1, 0.15) is 37.9 Å². The summed E-state index contributed by atoms with van der Waals surface area (Å²) in [6.45, 7) is 10.6. The van der Waals surface area contributed by atoms with Gasteiger partial charge in [-0.25, -0.2) is 14.7 Å². The molecule has 3 aromatic rings. The monoisotopic (exact) mass is 494 g/mol. The van der Waals surface area contributed by atoms with Gasteiger partial charge in [-0.15, -0.1) is 0 Å². The first-order valence-electron chi connectivity index (χ1n) is 11.7. The van der Waals surface area contributed by atoms with E-state index in [1.807, 2.05) is 62.9 Å². The molecule has 1 aliphatic rings. The van der Waals surface area contributed by atoms with E-state index in [9.17, 15) is 9.90 Å². The number of hydrogen-bond donors (Lipinski definition) is 1. The Hall–Kier alpha value is -3.16. The summed E-state index contributed by atoms with van der Waals surface area (Å²) in [6, 6.07) is 17.2. The lowest BCUT2D eigenvalue weighted by atomic mass is 9.78. The predicted octanol–water partition coefficient (Wildman–Crippen LogP) is 6.21. The molecule has 1 fully saturated rings. The number of benzene rings is 2. The maximum atomic E-state index is 12.8. The number of morpholine rings is 1. The van der Waals surface area contributed by atoms with Crippen molar-refractivity contribution in [3.05, 3.63) is 70.9 Å². The van der Waals surface area contributed by atoms with E-state index in [0.717, 1.165) is 22.3 Å². The van der Waals surface area contributed by atoms with E-state index in [4.69, 9.17) is 16.3 Å². The number of carboxylic acid groups (broad SMARTS) is 1. The molecule has 0 aliphatic carbocycles. The van der Waals surface area contributed by atoms with Crippen LogP contribution in [0, 0.1) is 12.3 Å². The first kappa shape index (κ1) is 24.9. The smallest absolute Gasteiger partial charge is 0.414 e. The second kappa shape index (κ2) is 10.2. The van der Waals surface area contributed by atoms with Crippen molar-refractivity contribution in [1.29, 1.82) is 0 Å². The van der Waals surface area contributed by atoms with Gasteiger partial charge in [0.2, 0.25) is 5.95 Å². The first-order chi connectivity index (χ1) is 16.7. The zero-order valence-electron chi connectivity index (χ0n) is 20.5. The molecular formula is C27H31ClN4O3. The standard InChI is InChI=1S/C27H31ClN4O3/c1-18-20(19-9-6-5-7-10-19)11-8-12-21(18)24(27(2,3)4)32(26(33)34)25-29-22(28)17-23(30-25)31-13-15-35-16-14-31/h5-12,17,24H,13-16H2,1-4H3,(H,33,34). The average Bonchev–Trinajstić information content (AvgIpc) is 2.82. The third-order valence-electron chi connectivity index (χ3n) is 6.26. The van der Waals surface area contributed by atoms with Crippen LogP contribution in [0.25, 0.3) is 11.1 Å². The summed E-state index contributed by atoms with van der Waals surface area (Å²) in [7, 11) is 0. The minimum atomic E-state index is -1.13. The Labute approximate surface area is 211 Å². The number of nitrogens with zero attached hydrogens (tertiary/aromatic N) is 4. The van der Waals surface area contributed by atoms with Gasteiger partial charge in [-0.1, -0.05) is 80.9 Å². The van der Waals surface area contributed by atoms with Crippen LogP contribution in [0.2, 0.25) is 5.15 Å². The number of rotatable bonds is 5. The molecule has 2 heterocycles.